The number of aliphatic carboxylic acids is 1. The highest BCUT2D eigenvalue weighted by atomic mass is 16.5. The monoisotopic (exact) mass is 292 g/mol. The molecule has 114 valence electrons. The van der Waals surface area contributed by atoms with Crippen molar-refractivity contribution >= 4 is 12.0 Å². The number of carboxylic acid groups (broad SMARTS) is 1. The summed E-state index contributed by atoms with van der Waals surface area (Å²) < 4.78 is 16.6. The Labute approximate surface area is 124 Å². The fraction of sp³-hybridized carbons (Fsp3) is 0.438. The van der Waals surface area contributed by atoms with Crippen LogP contribution < -0.4 is 9.47 Å². The molecule has 1 unspecified atom stereocenters. The smallest absolute Gasteiger partial charge is 0.328 e. The summed E-state index contributed by atoms with van der Waals surface area (Å²) in [7, 11) is 1.57. The van der Waals surface area contributed by atoms with Gasteiger partial charge in [0.1, 0.15) is 18.1 Å². The van der Waals surface area contributed by atoms with Crippen LogP contribution in [0.2, 0.25) is 0 Å². The molecule has 5 nitrogen and oxygen atoms in total. The first-order chi connectivity index (χ1) is 10.2. The van der Waals surface area contributed by atoms with Gasteiger partial charge in [-0.15, -0.1) is 0 Å². The average Bonchev–Trinajstić information content (AvgIpc) is 2.52. The van der Waals surface area contributed by atoms with E-state index in [2.05, 4.69) is 0 Å². The molecule has 0 aliphatic carbocycles. The van der Waals surface area contributed by atoms with Crippen molar-refractivity contribution in [3.05, 3.63) is 29.8 Å². The lowest BCUT2D eigenvalue weighted by Crippen LogP contribution is -2.25. The number of rotatable bonds is 6. The molecule has 21 heavy (non-hydrogen) atoms. The standard InChI is InChI=1S/C16H20O5/c1-19-13-6-7-15(12(10-13)5-8-16(17)18)21-11-14-4-2-3-9-20-14/h5-8,10,14H,2-4,9,11H2,1H3,(H,17,18)/b8-5+. The van der Waals surface area contributed by atoms with Gasteiger partial charge >= 0.3 is 5.97 Å². The molecule has 1 aromatic carbocycles. The lowest BCUT2D eigenvalue weighted by molar-refractivity contribution is -0.131. The molecule has 0 radical (unpaired) electrons. The van der Waals surface area contributed by atoms with Gasteiger partial charge in [0.25, 0.3) is 0 Å². The van der Waals surface area contributed by atoms with Gasteiger partial charge in [0, 0.05) is 18.2 Å². The van der Waals surface area contributed by atoms with Gasteiger partial charge in [0.2, 0.25) is 0 Å². The quantitative estimate of drug-likeness (QED) is 0.817. The van der Waals surface area contributed by atoms with Crippen LogP contribution in [0.15, 0.2) is 24.3 Å². The zero-order valence-corrected chi connectivity index (χ0v) is 12.1. The van der Waals surface area contributed by atoms with Gasteiger partial charge in [0.05, 0.1) is 13.2 Å². The number of hydrogen-bond acceptors (Lipinski definition) is 4. The van der Waals surface area contributed by atoms with Crippen molar-refractivity contribution in [3.8, 4) is 11.5 Å². The molecular formula is C16H20O5. The summed E-state index contributed by atoms with van der Waals surface area (Å²) in [5.74, 6) is 0.281. The van der Waals surface area contributed by atoms with E-state index < -0.39 is 5.97 Å². The second-order valence-electron chi connectivity index (χ2n) is 4.87. The van der Waals surface area contributed by atoms with Gasteiger partial charge < -0.3 is 19.3 Å². The van der Waals surface area contributed by atoms with Crippen molar-refractivity contribution < 1.29 is 24.1 Å². The fourth-order valence-electron chi connectivity index (χ4n) is 2.20. The van der Waals surface area contributed by atoms with Crippen LogP contribution in [0.1, 0.15) is 24.8 Å². The first-order valence-electron chi connectivity index (χ1n) is 7.02. The Morgan fingerprint density at radius 3 is 3.00 bits per heavy atom. The Bertz CT molecular complexity index is 503. The summed E-state index contributed by atoms with van der Waals surface area (Å²) >= 11 is 0. The van der Waals surface area contributed by atoms with Crippen LogP contribution >= 0.6 is 0 Å². The number of ether oxygens (including phenoxy) is 3. The maximum absolute atomic E-state index is 10.7. The van der Waals surface area contributed by atoms with E-state index in [1.54, 1.807) is 25.3 Å². The van der Waals surface area contributed by atoms with Gasteiger partial charge in [-0.3, -0.25) is 0 Å². The maximum Gasteiger partial charge on any atom is 0.328 e. The molecule has 5 heteroatoms. The minimum atomic E-state index is -1.00. The first-order valence-corrected chi connectivity index (χ1v) is 7.02. The van der Waals surface area contributed by atoms with Crippen LogP contribution in [0.5, 0.6) is 11.5 Å². The van der Waals surface area contributed by atoms with Gasteiger partial charge in [-0.2, -0.15) is 0 Å². The molecule has 1 saturated heterocycles. The highest BCUT2D eigenvalue weighted by molar-refractivity contribution is 5.86. The molecular weight excluding hydrogens is 272 g/mol. The molecule has 0 bridgehead atoms. The third-order valence-electron chi connectivity index (χ3n) is 3.32. The largest absolute Gasteiger partial charge is 0.497 e. The number of carboxylic acids is 1. The van der Waals surface area contributed by atoms with E-state index in [0.29, 0.717) is 23.7 Å². The molecule has 0 spiro atoms. The van der Waals surface area contributed by atoms with Crippen molar-refractivity contribution in [1.29, 1.82) is 0 Å². The van der Waals surface area contributed by atoms with Crippen LogP contribution in [0.4, 0.5) is 0 Å². The van der Waals surface area contributed by atoms with Crippen molar-refractivity contribution in [1.82, 2.24) is 0 Å². The predicted molar refractivity (Wildman–Crippen MR) is 78.7 cm³/mol. The Balaban J connectivity index is 2.07. The molecule has 1 heterocycles. The Hall–Kier alpha value is -2.01. The third-order valence-corrected chi connectivity index (χ3v) is 3.32. The molecule has 0 saturated carbocycles. The summed E-state index contributed by atoms with van der Waals surface area (Å²) in [4.78, 5) is 10.7. The zero-order valence-electron chi connectivity index (χ0n) is 12.1. The summed E-state index contributed by atoms with van der Waals surface area (Å²) in [6.07, 6.45) is 5.95. The summed E-state index contributed by atoms with van der Waals surface area (Å²) in [5, 5.41) is 8.75. The van der Waals surface area contributed by atoms with Crippen LogP contribution in [0, 0.1) is 0 Å². The number of methoxy groups -OCH3 is 1. The zero-order chi connectivity index (χ0) is 15.1. The van der Waals surface area contributed by atoms with Crippen LogP contribution in [-0.4, -0.2) is 37.5 Å². The minimum absolute atomic E-state index is 0.108. The fourth-order valence-corrected chi connectivity index (χ4v) is 2.20. The van der Waals surface area contributed by atoms with E-state index in [4.69, 9.17) is 19.3 Å². The molecule has 1 aliphatic rings. The van der Waals surface area contributed by atoms with E-state index >= 15 is 0 Å². The van der Waals surface area contributed by atoms with Crippen LogP contribution in [-0.2, 0) is 9.53 Å². The molecule has 1 N–H and O–H groups in total. The average molecular weight is 292 g/mol. The molecule has 1 fully saturated rings. The van der Waals surface area contributed by atoms with E-state index in [1.165, 1.54) is 6.08 Å². The summed E-state index contributed by atoms with van der Waals surface area (Å²) in [6.45, 7) is 1.25. The minimum Gasteiger partial charge on any atom is -0.497 e. The van der Waals surface area contributed by atoms with Crippen molar-refractivity contribution in [2.45, 2.75) is 25.4 Å². The lowest BCUT2D eigenvalue weighted by Gasteiger charge is -2.23. The van der Waals surface area contributed by atoms with Crippen LogP contribution in [0.25, 0.3) is 6.08 Å². The maximum atomic E-state index is 10.7. The lowest BCUT2D eigenvalue weighted by atomic mass is 10.1. The molecule has 1 atom stereocenters. The van der Waals surface area contributed by atoms with E-state index in [1.807, 2.05) is 0 Å². The van der Waals surface area contributed by atoms with Gasteiger partial charge in [-0.05, 0) is 43.5 Å². The van der Waals surface area contributed by atoms with E-state index in [0.717, 1.165) is 31.9 Å². The summed E-state index contributed by atoms with van der Waals surface area (Å²) in [6, 6.07) is 5.31. The van der Waals surface area contributed by atoms with Crippen molar-refractivity contribution in [2.75, 3.05) is 20.3 Å². The van der Waals surface area contributed by atoms with Gasteiger partial charge in [-0.25, -0.2) is 4.79 Å². The summed E-state index contributed by atoms with van der Waals surface area (Å²) in [5.41, 5.74) is 0.674. The number of carbonyl (C=O) groups is 1. The molecule has 1 aliphatic heterocycles. The second kappa shape index (κ2) is 7.69. The number of hydrogen-bond donors (Lipinski definition) is 1. The first kappa shape index (κ1) is 15.4. The van der Waals surface area contributed by atoms with Crippen LogP contribution in [0.3, 0.4) is 0 Å². The molecule has 2 rings (SSSR count). The number of benzene rings is 1. The van der Waals surface area contributed by atoms with Crippen molar-refractivity contribution in [3.63, 3.8) is 0 Å². The SMILES string of the molecule is COc1ccc(OCC2CCCCO2)c(/C=C/C(=O)O)c1. The normalized spacial score (nSPS) is 18.6. The van der Waals surface area contributed by atoms with Crippen molar-refractivity contribution in [2.24, 2.45) is 0 Å². The highest BCUT2D eigenvalue weighted by Crippen LogP contribution is 2.26. The van der Waals surface area contributed by atoms with Gasteiger partial charge in [-0.1, -0.05) is 0 Å². The second-order valence-corrected chi connectivity index (χ2v) is 4.87. The highest BCUT2D eigenvalue weighted by Gasteiger charge is 2.15. The molecule has 0 aromatic heterocycles. The molecule has 1 aromatic rings. The Morgan fingerprint density at radius 1 is 1.48 bits per heavy atom. The van der Waals surface area contributed by atoms with E-state index in [9.17, 15) is 4.79 Å². The van der Waals surface area contributed by atoms with E-state index in [-0.39, 0.29) is 6.10 Å². The molecule has 0 amide bonds. The predicted octanol–water partition coefficient (Wildman–Crippen LogP) is 2.74. The topological polar surface area (TPSA) is 65.0 Å². The van der Waals surface area contributed by atoms with Gasteiger partial charge in [0.15, 0.2) is 0 Å². The Kier molecular flexibility index (Phi) is 5.63. The third kappa shape index (κ3) is 4.79. The Morgan fingerprint density at radius 2 is 2.33 bits per heavy atom.